The van der Waals surface area contributed by atoms with E-state index in [0.29, 0.717) is 12.3 Å². The highest BCUT2D eigenvalue weighted by Gasteiger charge is 2.09. The third-order valence-corrected chi connectivity index (χ3v) is 2.04. The van der Waals surface area contributed by atoms with Crippen LogP contribution in [-0.2, 0) is 9.53 Å². The molecule has 0 amide bonds. The highest BCUT2D eigenvalue weighted by molar-refractivity contribution is 6.37. The first-order chi connectivity index (χ1) is 7.15. The van der Waals surface area contributed by atoms with E-state index in [4.69, 9.17) is 27.9 Å². The Bertz CT molecular complexity index is 339. The van der Waals surface area contributed by atoms with E-state index >= 15 is 0 Å². The zero-order valence-electron chi connectivity index (χ0n) is 7.96. The van der Waals surface area contributed by atoms with Crippen LogP contribution in [0.2, 0.25) is 10.3 Å². The van der Waals surface area contributed by atoms with Gasteiger partial charge in [0.15, 0.2) is 10.3 Å². The summed E-state index contributed by atoms with van der Waals surface area (Å²) in [6.45, 7) is 2.03. The van der Waals surface area contributed by atoms with Crippen LogP contribution in [-0.4, -0.2) is 29.1 Å². The van der Waals surface area contributed by atoms with Gasteiger partial charge >= 0.3 is 5.97 Å². The number of nitrogens with zero attached hydrogens (tertiary/aromatic N) is 2. The number of rotatable bonds is 4. The van der Waals surface area contributed by atoms with Gasteiger partial charge in [0.2, 0.25) is 0 Å². The van der Waals surface area contributed by atoms with Gasteiger partial charge in [0.05, 0.1) is 6.61 Å². The lowest BCUT2D eigenvalue weighted by Gasteiger charge is -2.07. The fraction of sp³-hybridized carbons (Fsp3) is 0.375. The number of anilines is 1. The fourth-order valence-corrected chi connectivity index (χ4v) is 1.31. The van der Waals surface area contributed by atoms with Crippen LogP contribution in [0.15, 0.2) is 6.33 Å². The topological polar surface area (TPSA) is 64.1 Å². The molecule has 0 aliphatic rings. The lowest BCUT2D eigenvalue weighted by atomic mass is 10.5. The van der Waals surface area contributed by atoms with E-state index in [0.717, 1.165) is 0 Å². The van der Waals surface area contributed by atoms with Crippen molar-refractivity contribution in [2.24, 2.45) is 0 Å². The molecule has 0 bridgehead atoms. The summed E-state index contributed by atoms with van der Waals surface area (Å²) in [4.78, 5) is 18.5. The molecule has 0 atom stereocenters. The number of hydrogen-bond acceptors (Lipinski definition) is 5. The average Bonchev–Trinajstić information content (AvgIpc) is 2.17. The Balaban J connectivity index is 2.61. The van der Waals surface area contributed by atoms with E-state index in [1.54, 1.807) is 6.92 Å². The van der Waals surface area contributed by atoms with Crippen LogP contribution in [0, 0.1) is 0 Å². The zero-order valence-corrected chi connectivity index (χ0v) is 9.47. The van der Waals surface area contributed by atoms with Crippen molar-refractivity contribution in [2.45, 2.75) is 6.92 Å². The van der Waals surface area contributed by atoms with Gasteiger partial charge in [-0.25, -0.2) is 9.97 Å². The van der Waals surface area contributed by atoms with Crippen molar-refractivity contribution in [1.29, 1.82) is 0 Å². The van der Waals surface area contributed by atoms with Crippen LogP contribution in [0.1, 0.15) is 6.92 Å². The SMILES string of the molecule is CCOC(=O)CNc1c(Cl)ncnc1Cl. The van der Waals surface area contributed by atoms with Crippen molar-refractivity contribution in [3.8, 4) is 0 Å². The molecule has 0 aliphatic heterocycles. The standard InChI is InChI=1S/C8H9Cl2N3O2/c1-2-15-5(14)3-11-6-7(9)12-4-13-8(6)10/h4,11H,2-3H2,1H3. The number of aromatic nitrogens is 2. The third kappa shape index (κ3) is 3.53. The maximum atomic E-state index is 11.0. The first kappa shape index (κ1) is 12.0. The van der Waals surface area contributed by atoms with Gasteiger partial charge in [-0.3, -0.25) is 4.79 Å². The summed E-state index contributed by atoms with van der Waals surface area (Å²) < 4.78 is 4.71. The van der Waals surface area contributed by atoms with Crippen LogP contribution in [0.25, 0.3) is 0 Å². The Kier molecular flexibility index (Phi) is 4.58. The Labute approximate surface area is 96.8 Å². The Morgan fingerprint density at radius 1 is 1.47 bits per heavy atom. The van der Waals surface area contributed by atoms with E-state index in [-0.39, 0.29) is 16.9 Å². The molecule has 1 N–H and O–H groups in total. The van der Waals surface area contributed by atoms with Gasteiger partial charge in [-0.05, 0) is 6.92 Å². The molecule has 5 nitrogen and oxygen atoms in total. The van der Waals surface area contributed by atoms with Crippen molar-refractivity contribution in [2.75, 3.05) is 18.5 Å². The summed E-state index contributed by atoms with van der Waals surface area (Å²) in [5, 5.41) is 3.03. The molecule has 1 aromatic rings. The maximum Gasteiger partial charge on any atom is 0.325 e. The molecule has 0 fully saturated rings. The summed E-state index contributed by atoms with van der Waals surface area (Å²) in [5.41, 5.74) is 0.328. The minimum Gasteiger partial charge on any atom is -0.465 e. The predicted molar refractivity (Wildman–Crippen MR) is 57.2 cm³/mol. The summed E-state index contributed by atoms with van der Waals surface area (Å²) in [6, 6.07) is 0. The predicted octanol–water partition coefficient (Wildman–Crippen LogP) is 1.76. The molecule has 1 aromatic heterocycles. The molecular formula is C8H9Cl2N3O2. The second-order valence-corrected chi connectivity index (χ2v) is 3.20. The number of hydrogen-bond donors (Lipinski definition) is 1. The number of halogens is 2. The smallest absolute Gasteiger partial charge is 0.325 e. The molecule has 15 heavy (non-hydrogen) atoms. The highest BCUT2D eigenvalue weighted by Crippen LogP contribution is 2.25. The molecule has 0 spiro atoms. The molecule has 1 heterocycles. The quantitative estimate of drug-likeness (QED) is 0.651. The van der Waals surface area contributed by atoms with Gasteiger partial charge in [0, 0.05) is 0 Å². The first-order valence-corrected chi connectivity index (χ1v) is 4.96. The van der Waals surface area contributed by atoms with E-state index in [9.17, 15) is 4.79 Å². The van der Waals surface area contributed by atoms with Gasteiger partial charge < -0.3 is 10.1 Å². The molecule has 0 unspecified atom stereocenters. The summed E-state index contributed by atoms with van der Waals surface area (Å²) in [7, 11) is 0. The van der Waals surface area contributed by atoms with Gasteiger partial charge in [-0.2, -0.15) is 0 Å². The number of nitrogens with one attached hydrogen (secondary N) is 1. The monoisotopic (exact) mass is 249 g/mol. The molecule has 7 heteroatoms. The Hall–Kier alpha value is -1.07. The molecule has 0 aliphatic carbocycles. The number of carbonyl (C=O) groups excluding carboxylic acids is 1. The van der Waals surface area contributed by atoms with E-state index < -0.39 is 5.97 Å². The van der Waals surface area contributed by atoms with Gasteiger partial charge in [-0.15, -0.1) is 0 Å². The summed E-state index contributed by atoms with van der Waals surface area (Å²) in [5.74, 6) is -0.395. The van der Waals surface area contributed by atoms with Crippen LogP contribution in [0.3, 0.4) is 0 Å². The van der Waals surface area contributed by atoms with Crippen LogP contribution in [0.4, 0.5) is 5.69 Å². The summed E-state index contributed by atoms with van der Waals surface area (Å²) in [6.07, 6.45) is 1.24. The fourth-order valence-electron chi connectivity index (χ4n) is 0.863. The third-order valence-electron chi connectivity index (χ3n) is 1.47. The molecule has 0 saturated heterocycles. The van der Waals surface area contributed by atoms with Gasteiger partial charge in [-0.1, -0.05) is 23.2 Å². The van der Waals surface area contributed by atoms with E-state index in [2.05, 4.69) is 15.3 Å². The molecule has 82 valence electrons. The second kappa shape index (κ2) is 5.72. The van der Waals surface area contributed by atoms with Crippen LogP contribution in [0.5, 0.6) is 0 Å². The average molecular weight is 250 g/mol. The number of esters is 1. The minimum atomic E-state index is -0.395. The molecular weight excluding hydrogens is 241 g/mol. The zero-order chi connectivity index (χ0) is 11.3. The van der Waals surface area contributed by atoms with Crippen molar-refractivity contribution in [3.63, 3.8) is 0 Å². The van der Waals surface area contributed by atoms with E-state index in [1.807, 2.05) is 0 Å². The Morgan fingerprint density at radius 3 is 2.60 bits per heavy atom. The summed E-state index contributed by atoms with van der Waals surface area (Å²) >= 11 is 11.5. The highest BCUT2D eigenvalue weighted by atomic mass is 35.5. The normalized spacial score (nSPS) is 9.80. The molecule has 0 saturated carbocycles. The van der Waals surface area contributed by atoms with Gasteiger partial charge in [0.25, 0.3) is 0 Å². The minimum absolute atomic E-state index is 0.0271. The van der Waals surface area contributed by atoms with Crippen molar-refractivity contribution < 1.29 is 9.53 Å². The molecule has 0 radical (unpaired) electrons. The van der Waals surface area contributed by atoms with E-state index in [1.165, 1.54) is 6.33 Å². The van der Waals surface area contributed by atoms with Crippen LogP contribution < -0.4 is 5.32 Å². The van der Waals surface area contributed by atoms with Crippen molar-refractivity contribution >= 4 is 34.9 Å². The van der Waals surface area contributed by atoms with Gasteiger partial charge in [0.1, 0.15) is 18.6 Å². The number of ether oxygens (including phenoxy) is 1. The number of carbonyl (C=O) groups is 1. The maximum absolute atomic E-state index is 11.0. The van der Waals surface area contributed by atoms with Crippen molar-refractivity contribution in [3.05, 3.63) is 16.6 Å². The molecule has 0 aromatic carbocycles. The first-order valence-electron chi connectivity index (χ1n) is 4.20. The largest absolute Gasteiger partial charge is 0.465 e. The lowest BCUT2D eigenvalue weighted by molar-refractivity contribution is -0.140. The Morgan fingerprint density at radius 2 is 2.07 bits per heavy atom. The second-order valence-electron chi connectivity index (χ2n) is 2.49. The molecule has 1 rings (SSSR count). The van der Waals surface area contributed by atoms with Crippen molar-refractivity contribution in [1.82, 2.24) is 9.97 Å². The lowest BCUT2D eigenvalue weighted by Crippen LogP contribution is -2.17. The van der Waals surface area contributed by atoms with Crippen LogP contribution >= 0.6 is 23.2 Å².